The van der Waals surface area contributed by atoms with Crippen LogP contribution in [0.4, 0.5) is 18.9 Å². The molecule has 0 saturated heterocycles. The molecule has 0 atom stereocenters. The normalized spacial score (nSPS) is 10.7. The van der Waals surface area contributed by atoms with Gasteiger partial charge in [-0.25, -0.2) is 9.07 Å². The summed E-state index contributed by atoms with van der Waals surface area (Å²) in [5, 5.41) is 6.41. The number of hydrogen-bond acceptors (Lipinski definition) is 4. The Morgan fingerprint density at radius 2 is 1.93 bits per heavy atom. The van der Waals surface area contributed by atoms with E-state index in [1.54, 1.807) is 12.1 Å². The van der Waals surface area contributed by atoms with Crippen molar-refractivity contribution in [2.75, 3.05) is 5.32 Å². The van der Waals surface area contributed by atoms with Crippen molar-refractivity contribution >= 4 is 11.6 Å². The van der Waals surface area contributed by atoms with Crippen molar-refractivity contribution in [3.05, 3.63) is 72.3 Å². The van der Waals surface area contributed by atoms with Crippen molar-refractivity contribution in [1.29, 1.82) is 0 Å². The van der Waals surface area contributed by atoms with E-state index >= 15 is 0 Å². The number of alkyl halides is 2. The quantitative estimate of drug-likeness (QED) is 0.678. The predicted octanol–water partition coefficient (Wildman–Crippen LogP) is 3.91. The average molecular weight is 377 g/mol. The number of nitrogens with one attached hydrogen (secondary N) is 1. The van der Waals surface area contributed by atoms with Crippen molar-refractivity contribution in [3.63, 3.8) is 0 Å². The first-order chi connectivity index (χ1) is 13.0. The van der Waals surface area contributed by atoms with Crippen LogP contribution in [0, 0.1) is 5.82 Å². The van der Waals surface area contributed by atoms with E-state index in [2.05, 4.69) is 15.2 Å². The third-order valence-electron chi connectivity index (χ3n) is 3.39. The lowest BCUT2D eigenvalue weighted by atomic mass is 10.2. The molecule has 0 aliphatic carbocycles. The van der Waals surface area contributed by atoms with E-state index in [0.29, 0.717) is 5.75 Å². The molecule has 0 unspecified atom stereocenters. The van der Waals surface area contributed by atoms with Crippen LogP contribution in [0.2, 0.25) is 0 Å². The van der Waals surface area contributed by atoms with Gasteiger partial charge >= 0.3 is 6.61 Å². The molecule has 0 aliphatic heterocycles. The van der Waals surface area contributed by atoms with Gasteiger partial charge in [0.05, 0.1) is 5.69 Å². The topological polar surface area (TPSA) is 65.4 Å². The molecule has 27 heavy (non-hydrogen) atoms. The van der Waals surface area contributed by atoms with Crippen molar-refractivity contribution < 1.29 is 27.4 Å². The summed E-state index contributed by atoms with van der Waals surface area (Å²) >= 11 is 0. The van der Waals surface area contributed by atoms with E-state index in [1.165, 1.54) is 16.9 Å². The number of ether oxygens (including phenoxy) is 2. The lowest BCUT2D eigenvalue weighted by Gasteiger charge is -2.11. The van der Waals surface area contributed by atoms with Crippen LogP contribution < -0.4 is 14.8 Å². The number of carbonyl (C=O) groups is 1. The largest absolute Gasteiger partial charge is 0.471 e. The predicted molar refractivity (Wildman–Crippen MR) is 90.3 cm³/mol. The van der Waals surface area contributed by atoms with Crippen LogP contribution in [-0.4, -0.2) is 22.3 Å². The number of anilines is 1. The maximum Gasteiger partial charge on any atom is 0.387 e. The molecule has 0 spiro atoms. The SMILES string of the molecule is O=C(Nc1ccc(F)cc1OC(F)F)c1ccn(COc2ccccc2)n1. The minimum Gasteiger partial charge on any atom is -0.471 e. The monoisotopic (exact) mass is 377 g/mol. The molecular formula is C18H14F3N3O3. The molecule has 0 aliphatic rings. The molecule has 1 amide bonds. The molecule has 0 saturated carbocycles. The van der Waals surface area contributed by atoms with Crippen LogP contribution in [0.3, 0.4) is 0 Å². The smallest absolute Gasteiger partial charge is 0.387 e. The summed E-state index contributed by atoms with van der Waals surface area (Å²) in [5.74, 6) is -1.28. The minimum atomic E-state index is -3.16. The molecule has 2 aromatic carbocycles. The number of para-hydroxylation sites is 1. The van der Waals surface area contributed by atoms with Crippen LogP contribution >= 0.6 is 0 Å². The van der Waals surface area contributed by atoms with Crippen LogP contribution in [-0.2, 0) is 6.73 Å². The van der Waals surface area contributed by atoms with Gasteiger partial charge in [0.1, 0.15) is 11.6 Å². The van der Waals surface area contributed by atoms with E-state index in [0.717, 1.165) is 18.2 Å². The molecule has 1 heterocycles. The summed E-state index contributed by atoms with van der Waals surface area (Å²) in [7, 11) is 0. The Labute approximate surface area is 152 Å². The number of amides is 1. The Morgan fingerprint density at radius 3 is 2.67 bits per heavy atom. The van der Waals surface area contributed by atoms with E-state index in [-0.39, 0.29) is 18.1 Å². The zero-order valence-electron chi connectivity index (χ0n) is 13.8. The molecule has 0 bridgehead atoms. The summed E-state index contributed by atoms with van der Waals surface area (Å²) in [6.45, 7) is -3.08. The van der Waals surface area contributed by atoms with Crippen molar-refractivity contribution in [2.45, 2.75) is 13.3 Å². The maximum atomic E-state index is 13.2. The Hall–Kier alpha value is -3.49. The lowest BCUT2D eigenvalue weighted by Crippen LogP contribution is -2.15. The number of benzene rings is 2. The molecule has 0 radical (unpaired) electrons. The average Bonchev–Trinajstić information content (AvgIpc) is 3.12. The molecule has 6 nitrogen and oxygen atoms in total. The highest BCUT2D eigenvalue weighted by molar-refractivity contribution is 6.03. The minimum absolute atomic E-state index is 0.0268. The second kappa shape index (κ2) is 8.26. The number of halogens is 3. The van der Waals surface area contributed by atoms with Crippen LogP contribution in [0.25, 0.3) is 0 Å². The van der Waals surface area contributed by atoms with Gasteiger partial charge in [0, 0.05) is 12.3 Å². The van der Waals surface area contributed by atoms with Crippen molar-refractivity contribution in [1.82, 2.24) is 9.78 Å². The van der Waals surface area contributed by atoms with Crippen LogP contribution in [0.5, 0.6) is 11.5 Å². The van der Waals surface area contributed by atoms with Gasteiger partial charge in [-0.2, -0.15) is 13.9 Å². The van der Waals surface area contributed by atoms with Gasteiger partial charge in [0.25, 0.3) is 5.91 Å². The zero-order chi connectivity index (χ0) is 19.2. The van der Waals surface area contributed by atoms with Gasteiger partial charge in [-0.3, -0.25) is 4.79 Å². The summed E-state index contributed by atoms with van der Waals surface area (Å²) in [5.41, 5.74) is -0.0734. The number of hydrogen-bond donors (Lipinski definition) is 1. The molecule has 1 aromatic heterocycles. The molecule has 9 heteroatoms. The molecule has 1 N–H and O–H groups in total. The third kappa shape index (κ3) is 5.00. The summed E-state index contributed by atoms with van der Waals surface area (Å²) in [6.07, 6.45) is 1.53. The van der Waals surface area contributed by atoms with Gasteiger partial charge in [-0.1, -0.05) is 18.2 Å². The fourth-order valence-electron chi connectivity index (χ4n) is 2.19. The Bertz CT molecular complexity index is 916. The third-order valence-corrected chi connectivity index (χ3v) is 3.39. The first-order valence-electron chi connectivity index (χ1n) is 7.78. The maximum absolute atomic E-state index is 13.2. The molecular weight excluding hydrogens is 363 g/mol. The van der Waals surface area contributed by atoms with Crippen LogP contribution in [0.15, 0.2) is 60.8 Å². The van der Waals surface area contributed by atoms with E-state index < -0.39 is 24.1 Å². The van der Waals surface area contributed by atoms with Crippen molar-refractivity contribution in [3.8, 4) is 11.5 Å². The van der Waals surface area contributed by atoms with Gasteiger partial charge in [0.2, 0.25) is 0 Å². The Kier molecular flexibility index (Phi) is 5.60. The molecule has 140 valence electrons. The van der Waals surface area contributed by atoms with E-state index in [9.17, 15) is 18.0 Å². The van der Waals surface area contributed by atoms with Gasteiger partial charge in [-0.05, 0) is 30.3 Å². The fourth-order valence-corrected chi connectivity index (χ4v) is 2.19. The second-order valence-corrected chi connectivity index (χ2v) is 5.30. The zero-order valence-corrected chi connectivity index (χ0v) is 13.8. The first-order valence-corrected chi connectivity index (χ1v) is 7.78. The Morgan fingerprint density at radius 1 is 1.15 bits per heavy atom. The van der Waals surface area contributed by atoms with Gasteiger partial charge < -0.3 is 14.8 Å². The fraction of sp³-hybridized carbons (Fsp3) is 0.111. The number of aromatic nitrogens is 2. The molecule has 0 fully saturated rings. The van der Waals surface area contributed by atoms with Crippen molar-refractivity contribution in [2.24, 2.45) is 0 Å². The van der Waals surface area contributed by atoms with Gasteiger partial charge in [-0.15, -0.1) is 0 Å². The summed E-state index contributed by atoms with van der Waals surface area (Å²) < 4.78 is 49.2. The Balaban J connectivity index is 1.66. The lowest BCUT2D eigenvalue weighted by molar-refractivity contribution is -0.0495. The standard InChI is InChI=1S/C18H14F3N3O3/c19-12-6-7-14(16(10-12)27-18(20)21)22-17(25)15-8-9-24(23-15)11-26-13-4-2-1-3-5-13/h1-10,18H,11H2,(H,22,25). The highest BCUT2D eigenvalue weighted by Gasteiger charge is 2.16. The van der Waals surface area contributed by atoms with E-state index in [4.69, 9.17) is 4.74 Å². The molecule has 3 rings (SSSR count). The van der Waals surface area contributed by atoms with Crippen LogP contribution in [0.1, 0.15) is 10.5 Å². The number of carbonyl (C=O) groups excluding carboxylic acids is 1. The number of nitrogens with zero attached hydrogens (tertiary/aromatic N) is 2. The highest BCUT2D eigenvalue weighted by atomic mass is 19.3. The number of rotatable bonds is 7. The highest BCUT2D eigenvalue weighted by Crippen LogP contribution is 2.27. The summed E-state index contributed by atoms with van der Waals surface area (Å²) in [6, 6.07) is 13.4. The summed E-state index contributed by atoms with van der Waals surface area (Å²) in [4.78, 5) is 12.3. The molecule has 3 aromatic rings. The first kappa shape index (κ1) is 18.3. The second-order valence-electron chi connectivity index (χ2n) is 5.30. The van der Waals surface area contributed by atoms with E-state index in [1.807, 2.05) is 18.2 Å². The van der Waals surface area contributed by atoms with Gasteiger partial charge in [0.15, 0.2) is 18.2 Å².